The van der Waals surface area contributed by atoms with Gasteiger partial charge in [-0.15, -0.1) is 0 Å². The van der Waals surface area contributed by atoms with E-state index < -0.39 is 5.60 Å². The van der Waals surface area contributed by atoms with Crippen LogP contribution in [0.25, 0.3) is 0 Å². The highest BCUT2D eigenvalue weighted by Gasteiger charge is 2.77. The Labute approximate surface area is 182 Å². The standard InChI is InChI=1S/C27H38O3/c1-22(2,3)11-13-26(28)10-7-20-19-5-9-24-17-25(24,21(19)6-8-23(20,26)4)12-14-27(18-24)29-15-16-30-27/h6,19-20,28H,5,7-10,12,14-18H2,1-4H3/t19-,20-,23-,24+,25+,26+/m0/s1. The average Bonchev–Trinajstić information content (AvgIpc) is 3.03. The van der Waals surface area contributed by atoms with E-state index in [1.807, 2.05) is 0 Å². The third-order valence-electron chi connectivity index (χ3n) is 10.2. The van der Waals surface area contributed by atoms with Gasteiger partial charge in [-0.2, -0.15) is 0 Å². The molecule has 0 aromatic rings. The molecule has 1 aliphatic heterocycles. The fourth-order valence-electron chi connectivity index (χ4n) is 8.60. The highest BCUT2D eigenvalue weighted by Crippen LogP contribution is 2.83. The van der Waals surface area contributed by atoms with Crippen LogP contribution in [0.1, 0.15) is 85.5 Å². The van der Waals surface area contributed by atoms with Crippen molar-refractivity contribution in [3.63, 3.8) is 0 Å². The van der Waals surface area contributed by atoms with Gasteiger partial charge in [-0.1, -0.05) is 30.4 Å². The van der Waals surface area contributed by atoms with Gasteiger partial charge in [0.25, 0.3) is 0 Å². The number of hydrogen-bond donors (Lipinski definition) is 1. The average molecular weight is 411 g/mol. The lowest BCUT2D eigenvalue weighted by Gasteiger charge is -2.53. The lowest BCUT2D eigenvalue weighted by Crippen LogP contribution is -2.50. The first kappa shape index (κ1) is 19.8. The van der Waals surface area contributed by atoms with Crippen molar-refractivity contribution >= 4 is 0 Å². The van der Waals surface area contributed by atoms with Crippen LogP contribution in [0.4, 0.5) is 0 Å². The minimum Gasteiger partial charge on any atom is -0.377 e. The van der Waals surface area contributed by atoms with Gasteiger partial charge >= 0.3 is 0 Å². The summed E-state index contributed by atoms with van der Waals surface area (Å²) in [5.41, 5.74) is 1.57. The molecule has 1 heterocycles. The largest absolute Gasteiger partial charge is 0.377 e. The van der Waals surface area contributed by atoms with Crippen LogP contribution < -0.4 is 0 Å². The molecule has 0 radical (unpaired) electrons. The fourth-order valence-corrected chi connectivity index (χ4v) is 8.60. The van der Waals surface area contributed by atoms with Crippen LogP contribution in [-0.2, 0) is 9.47 Å². The first-order chi connectivity index (χ1) is 14.1. The van der Waals surface area contributed by atoms with Crippen LogP contribution in [-0.4, -0.2) is 29.7 Å². The van der Waals surface area contributed by atoms with Crippen molar-refractivity contribution in [3.8, 4) is 11.8 Å². The molecule has 6 rings (SSSR count). The molecule has 6 aliphatic rings. The summed E-state index contributed by atoms with van der Waals surface area (Å²) in [5, 5.41) is 11.7. The van der Waals surface area contributed by atoms with Crippen LogP contribution in [0.15, 0.2) is 11.6 Å². The van der Waals surface area contributed by atoms with E-state index in [-0.39, 0.29) is 16.6 Å². The quantitative estimate of drug-likeness (QED) is 0.439. The molecule has 3 nitrogen and oxygen atoms in total. The monoisotopic (exact) mass is 410 g/mol. The molecule has 164 valence electrons. The number of allylic oxidation sites excluding steroid dienone is 2. The summed E-state index contributed by atoms with van der Waals surface area (Å²) in [6.45, 7) is 10.3. The molecule has 6 atom stereocenters. The highest BCUT2D eigenvalue weighted by molar-refractivity contribution is 5.42. The summed E-state index contributed by atoms with van der Waals surface area (Å²) in [7, 11) is 0. The second kappa shape index (κ2) is 5.75. The molecule has 5 fully saturated rings. The van der Waals surface area contributed by atoms with E-state index in [0.29, 0.717) is 22.7 Å². The van der Waals surface area contributed by atoms with Crippen molar-refractivity contribution in [2.75, 3.05) is 13.2 Å². The molecule has 0 bridgehead atoms. The number of ether oxygens (including phenoxy) is 2. The van der Waals surface area contributed by atoms with Crippen molar-refractivity contribution in [2.24, 2.45) is 33.5 Å². The Morgan fingerprint density at radius 2 is 1.80 bits per heavy atom. The third kappa shape index (κ3) is 2.40. The Hall–Kier alpha value is -0.820. The van der Waals surface area contributed by atoms with Crippen molar-refractivity contribution in [3.05, 3.63) is 11.6 Å². The first-order valence-electron chi connectivity index (χ1n) is 12.3. The van der Waals surface area contributed by atoms with E-state index in [1.165, 1.54) is 25.7 Å². The summed E-state index contributed by atoms with van der Waals surface area (Å²) >= 11 is 0. The highest BCUT2D eigenvalue weighted by atomic mass is 16.7. The van der Waals surface area contributed by atoms with Gasteiger partial charge in [-0.25, -0.2) is 0 Å². The molecule has 0 aromatic heterocycles. The van der Waals surface area contributed by atoms with Crippen LogP contribution >= 0.6 is 0 Å². The Morgan fingerprint density at radius 1 is 1.03 bits per heavy atom. The maximum Gasteiger partial charge on any atom is 0.169 e. The summed E-state index contributed by atoms with van der Waals surface area (Å²) in [6, 6.07) is 0. The SMILES string of the molecule is CC(C)(C)C#C[C@]1(O)CC[C@H]2[C@@H]3CC[C@@]45CC6(CC[C@@]4(C5)C3=CC[C@@]21C)OCCO6. The van der Waals surface area contributed by atoms with E-state index in [9.17, 15) is 5.11 Å². The summed E-state index contributed by atoms with van der Waals surface area (Å²) in [4.78, 5) is 0. The molecule has 1 N–H and O–H groups in total. The molecule has 1 spiro atoms. The van der Waals surface area contributed by atoms with Crippen molar-refractivity contribution in [1.82, 2.24) is 0 Å². The lowest BCUT2D eigenvalue weighted by molar-refractivity contribution is -0.197. The minimum absolute atomic E-state index is 0.0697. The number of hydrogen-bond acceptors (Lipinski definition) is 3. The van der Waals surface area contributed by atoms with E-state index >= 15 is 0 Å². The van der Waals surface area contributed by atoms with Crippen molar-refractivity contribution in [2.45, 2.75) is 96.9 Å². The molecular formula is C27H38O3. The zero-order chi connectivity index (χ0) is 21.0. The zero-order valence-electron chi connectivity index (χ0n) is 19.3. The lowest BCUT2D eigenvalue weighted by atomic mass is 9.53. The topological polar surface area (TPSA) is 38.7 Å². The maximum absolute atomic E-state index is 11.7. The van der Waals surface area contributed by atoms with E-state index in [0.717, 1.165) is 45.3 Å². The molecule has 4 saturated carbocycles. The molecule has 3 heteroatoms. The second-order valence-corrected chi connectivity index (χ2v) is 12.8. The zero-order valence-corrected chi connectivity index (χ0v) is 19.3. The molecular weight excluding hydrogens is 372 g/mol. The van der Waals surface area contributed by atoms with E-state index in [4.69, 9.17) is 9.47 Å². The smallest absolute Gasteiger partial charge is 0.169 e. The molecule has 0 amide bonds. The second-order valence-electron chi connectivity index (χ2n) is 12.8. The fraction of sp³-hybridized carbons (Fsp3) is 0.852. The Bertz CT molecular complexity index is 865. The molecule has 0 unspecified atom stereocenters. The van der Waals surface area contributed by atoms with Crippen LogP contribution in [0.3, 0.4) is 0 Å². The molecule has 0 aromatic carbocycles. The molecule has 1 saturated heterocycles. The van der Waals surface area contributed by atoms with E-state index in [1.54, 1.807) is 5.57 Å². The third-order valence-corrected chi connectivity index (χ3v) is 10.2. The maximum atomic E-state index is 11.7. The summed E-state index contributed by atoms with van der Waals surface area (Å²) < 4.78 is 12.3. The Morgan fingerprint density at radius 3 is 2.53 bits per heavy atom. The summed E-state index contributed by atoms with van der Waals surface area (Å²) in [5.74, 6) is 7.70. The van der Waals surface area contributed by atoms with Gasteiger partial charge in [0.15, 0.2) is 5.79 Å². The van der Waals surface area contributed by atoms with Gasteiger partial charge in [0.05, 0.1) is 13.2 Å². The summed E-state index contributed by atoms with van der Waals surface area (Å²) in [6.07, 6.45) is 12.8. The first-order valence-corrected chi connectivity index (χ1v) is 12.3. The van der Waals surface area contributed by atoms with Gasteiger partial charge in [0.2, 0.25) is 0 Å². The van der Waals surface area contributed by atoms with Crippen LogP contribution in [0.2, 0.25) is 0 Å². The van der Waals surface area contributed by atoms with Gasteiger partial charge in [-0.3, -0.25) is 0 Å². The van der Waals surface area contributed by atoms with Gasteiger partial charge in [0, 0.05) is 23.7 Å². The van der Waals surface area contributed by atoms with Crippen molar-refractivity contribution in [1.29, 1.82) is 0 Å². The van der Waals surface area contributed by atoms with Gasteiger partial charge in [-0.05, 0) is 88.4 Å². The van der Waals surface area contributed by atoms with Crippen LogP contribution in [0.5, 0.6) is 0 Å². The number of aliphatic hydroxyl groups is 1. The predicted octanol–water partition coefficient (Wildman–Crippen LogP) is 5.23. The molecule has 5 aliphatic carbocycles. The minimum atomic E-state index is -0.842. The normalized spacial score (nSPS) is 50.5. The van der Waals surface area contributed by atoms with Gasteiger partial charge in [0.1, 0.15) is 5.60 Å². The number of fused-ring (bicyclic) bond motifs is 3. The van der Waals surface area contributed by atoms with E-state index in [2.05, 4.69) is 45.6 Å². The number of rotatable bonds is 0. The van der Waals surface area contributed by atoms with Crippen LogP contribution in [0, 0.1) is 45.3 Å². The predicted molar refractivity (Wildman–Crippen MR) is 116 cm³/mol. The molecule has 30 heavy (non-hydrogen) atoms. The Balaban J connectivity index is 1.32. The Kier molecular flexibility index (Phi) is 3.80. The van der Waals surface area contributed by atoms with Crippen molar-refractivity contribution < 1.29 is 14.6 Å². The van der Waals surface area contributed by atoms with Gasteiger partial charge < -0.3 is 14.6 Å².